The molecule has 1 aromatic rings. The van der Waals surface area contributed by atoms with Gasteiger partial charge in [0.25, 0.3) is 0 Å². The average molecular weight is 161 g/mol. The van der Waals surface area contributed by atoms with Crippen LogP contribution < -0.4 is 5.73 Å². The number of aromatic nitrogens is 2. The number of halogens is 2. The standard InChI is InChI=1S/C6H9F2N3/c7-6(8)1-2-11-4-5(9)3-10-11/h3-4,6H,1-2,9H2. The molecule has 0 unspecified atom stereocenters. The van der Waals surface area contributed by atoms with Gasteiger partial charge in [-0.3, -0.25) is 4.68 Å². The van der Waals surface area contributed by atoms with Crippen molar-refractivity contribution in [2.75, 3.05) is 5.73 Å². The maximum atomic E-state index is 11.7. The molecule has 0 saturated heterocycles. The lowest BCUT2D eigenvalue weighted by Gasteiger charge is -1.98. The van der Waals surface area contributed by atoms with E-state index < -0.39 is 6.43 Å². The number of aryl methyl sites for hydroxylation is 1. The first kappa shape index (κ1) is 7.97. The lowest BCUT2D eigenvalue weighted by atomic mass is 10.4. The van der Waals surface area contributed by atoms with Crippen LogP contribution in [0.5, 0.6) is 0 Å². The fourth-order valence-electron chi connectivity index (χ4n) is 0.732. The van der Waals surface area contributed by atoms with E-state index in [1.165, 1.54) is 17.1 Å². The summed E-state index contributed by atoms with van der Waals surface area (Å²) < 4.78 is 24.7. The van der Waals surface area contributed by atoms with Gasteiger partial charge in [-0.25, -0.2) is 8.78 Å². The molecule has 0 aromatic carbocycles. The zero-order chi connectivity index (χ0) is 8.27. The van der Waals surface area contributed by atoms with Crippen LogP contribution in [0.2, 0.25) is 0 Å². The Morgan fingerprint density at radius 2 is 2.36 bits per heavy atom. The van der Waals surface area contributed by atoms with Crippen molar-refractivity contribution in [3.63, 3.8) is 0 Å². The number of nitrogens with zero attached hydrogens (tertiary/aromatic N) is 2. The Morgan fingerprint density at radius 1 is 1.64 bits per heavy atom. The van der Waals surface area contributed by atoms with Crippen molar-refractivity contribution in [1.29, 1.82) is 0 Å². The van der Waals surface area contributed by atoms with Crippen LogP contribution in [0.1, 0.15) is 6.42 Å². The molecule has 62 valence electrons. The molecule has 3 nitrogen and oxygen atoms in total. The van der Waals surface area contributed by atoms with E-state index >= 15 is 0 Å². The van der Waals surface area contributed by atoms with E-state index in [0.717, 1.165) is 0 Å². The maximum absolute atomic E-state index is 11.7. The number of nitrogen functional groups attached to an aromatic ring is 1. The number of rotatable bonds is 3. The summed E-state index contributed by atoms with van der Waals surface area (Å²) in [6, 6.07) is 0. The topological polar surface area (TPSA) is 43.8 Å². The Bertz CT molecular complexity index is 221. The highest BCUT2D eigenvalue weighted by Crippen LogP contribution is 2.03. The van der Waals surface area contributed by atoms with Crippen LogP contribution in [-0.4, -0.2) is 16.2 Å². The van der Waals surface area contributed by atoms with Crippen molar-refractivity contribution in [2.45, 2.75) is 19.4 Å². The fourth-order valence-corrected chi connectivity index (χ4v) is 0.732. The summed E-state index contributed by atoms with van der Waals surface area (Å²) in [5.74, 6) is 0. The van der Waals surface area contributed by atoms with E-state index in [0.29, 0.717) is 5.69 Å². The number of hydrogen-bond donors (Lipinski definition) is 1. The van der Waals surface area contributed by atoms with Crippen LogP contribution in [0.15, 0.2) is 12.4 Å². The minimum atomic E-state index is -2.28. The molecule has 1 rings (SSSR count). The molecule has 2 N–H and O–H groups in total. The van der Waals surface area contributed by atoms with Crippen LogP contribution >= 0.6 is 0 Å². The molecule has 0 spiro atoms. The third-order valence-electron chi connectivity index (χ3n) is 1.23. The molecular formula is C6H9F2N3. The van der Waals surface area contributed by atoms with Gasteiger partial charge in [-0.2, -0.15) is 5.10 Å². The van der Waals surface area contributed by atoms with Gasteiger partial charge >= 0.3 is 0 Å². The van der Waals surface area contributed by atoms with Gasteiger partial charge in [-0.05, 0) is 0 Å². The highest BCUT2D eigenvalue weighted by atomic mass is 19.3. The molecule has 0 aliphatic heterocycles. The summed E-state index contributed by atoms with van der Waals surface area (Å²) in [6.07, 6.45) is 0.509. The van der Waals surface area contributed by atoms with Crippen LogP contribution in [0.4, 0.5) is 14.5 Å². The van der Waals surface area contributed by atoms with Crippen molar-refractivity contribution in [3.8, 4) is 0 Å². The van der Waals surface area contributed by atoms with Gasteiger partial charge in [0, 0.05) is 19.2 Å². The Balaban J connectivity index is 2.39. The van der Waals surface area contributed by atoms with E-state index in [-0.39, 0.29) is 13.0 Å². The number of hydrogen-bond acceptors (Lipinski definition) is 2. The molecule has 0 aliphatic carbocycles. The van der Waals surface area contributed by atoms with Gasteiger partial charge in [0.05, 0.1) is 11.9 Å². The Kier molecular flexibility index (Phi) is 2.40. The summed E-state index contributed by atoms with van der Waals surface area (Å²) in [5.41, 5.74) is 5.81. The van der Waals surface area contributed by atoms with Crippen LogP contribution in [-0.2, 0) is 6.54 Å². The summed E-state index contributed by atoms with van der Waals surface area (Å²) in [4.78, 5) is 0. The molecule has 0 fully saturated rings. The molecule has 0 saturated carbocycles. The van der Waals surface area contributed by atoms with Crippen molar-refractivity contribution in [2.24, 2.45) is 0 Å². The molecule has 0 amide bonds. The van der Waals surface area contributed by atoms with E-state index in [2.05, 4.69) is 5.10 Å². The molecule has 0 atom stereocenters. The summed E-state index contributed by atoms with van der Waals surface area (Å²) in [7, 11) is 0. The van der Waals surface area contributed by atoms with Crippen molar-refractivity contribution in [1.82, 2.24) is 9.78 Å². The number of alkyl halides is 2. The Hall–Kier alpha value is -1.13. The third-order valence-corrected chi connectivity index (χ3v) is 1.23. The second kappa shape index (κ2) is 3.32. The SMILES string of the molecule is Nc1cnn(CCC(F)F)c1. The highest BCUT2D eigenvalue weighted by molar-refractivity contribution is 5.30. The second-order valence-corrected chi connectivity index (χ2v) is 2.22. The molecule has 1 heterocycles. The van der Waals surface area contributed by atoms with E-state index in [1.54, 1.807) is 0 Å². The predicted octanol–water partition coefficient (Wildman–Crippen LogP) is 1.12. The zero-order valence-electron chi connectivity index (χ0n) is 5.87. The summed E-state index contributed by atoms with van der Waals surface area (Å²) in [5, 5.41) is 3.75. The first-order valence-electron chi connectivity index (χ1n) is 3.24. The zero-order valence-corrected chi connectivity index (χ0v) is 5.87. The van der Waals surface area contributed by atoms with Gasteiger partial charge in [0.2, 0.25) is 6.43 Å². The second-order valence-electron chi connectivity index (χ2n) is 2.22. The van der Waals surface area contributed by atoms with Crippen LogP contribution in [0.25, 0.3) is 0 Å². The van der Waals surface area contributed by atoms with E-state index in [4.69, 9.17) is 5.73 Å². The van der Waals surface area contributed by atoms with Gasteiger partial charge in [-0.1, -0.05) is 0 Å². The van der Waals surface area contributed by atoms with Gasteiger partial charge in [0.1, 0.15) is 0 Å². The maximum Gasteiger partial charge on any atom is 0.240 e. The lowest BCUT2D eigenvalue weighted by Crippen LogP contribution is -2.02. The van der Waals surface area contributed by atoms with Crippen molar-refractivity contribution < 1.29 is 8.78 Å². The van der Waals surface area contributed by atoms with Gasteiger partial charge in [-0.15, -0.1) is 0 Å². The van der Waals surface area contributed by atoms with Gasteiger partial charge < -0.3 is 5.73 Å². The highest BCUT2D eigenvalue weighted by Gasteiger charge is 2.02. The molecular weight excluding hydrogens is 152 g/mol. The average Bonchev–Trinajstić information content (AvgIpc) is 2.31. The Morgan fingerprint density at radius 3 is 2.82 bits per heavy atom. The first-order chi connectivity index (χ1) is 5.18. The lowest BCUT2D eigenvalue weighted by molar-refractivity contribution is 0.130. The fraction of sp³-hybridized carbons (Fsp3) is 0.500. The normalized spacial score (nSPS) is 10.8. The van der Waals surface area contributed by atoms with E-state index in [9.17, 15) is 8.78 Å². The van der Waals surface area contributed by atoms with Crippen molar-refractivity contribution in [3.05, 3.63) is 12.4 Å². The molecule has 5 heteroatoms. The molecule has 0 aliphatic rings. The number of anilines is 1. The van der Waals surface area contributed by atoms with Gasteiger partial charge in [0.15, 0.2) is 0 Å². The third kappa shape index (κ3) is 2.53. The largest absolute Gasteiger partial charge is 0.396 e. The van der Waals surface area contributed by atoms with E-state index in [1.807, 2.05) is 0 Å². The summed E-state index contributed by atoms with van der Waals surface area (Å²) >= 11 is 0. The predicted molar refractivity (Wildman–Crippen MR) is 37.3 cm³/mol. The molecule has 11 heavy (non-hydrogen) atoms. The van der Waals surface area contributed by atoms with Crippen LogP contribution in [0.3, 0.4) is 0 Å². The summed E-state index contributed by atoms with van der Waals surface area (Å²) in [6.45, 7) is 0.217. The molecule has 0 radical (unpaired) electrons. The van der Waals surface area contributed by atoms with Crippen LogP contribution in [0, 0.1) is 0 Å². The molecule has 1 aromatic heterocycles. The minimum Gasteiger partial charge on any atom is -0.396 e. The first-order valence-corrected chi connectivity index (χ1v) is 3.24. The molecule has 0 bridgehead atoms. The minimum absolute atomic E-state index is 0.179. The monoisotopic (exact) mass is 161 g/mol. The quantitative estimate of drug-likeness (QED) is 0.721. The number of nitrogens with two attached hydrogens (primary N) is 1. The smallest absolute Gasteiger partial charge is 0.240 e. The van der Waals surface area contributed by atoms with Crippen molar-refractivity contribution >= 4 is 5.69 Å². The Labute approximate surface area is 62.8 Å².